The molecule has 1 saturated heterocycles. The van der Waals surface area contributed by atoms with Crippen molar-refractivity contribution >= 4 is 5.91 Å². The van der Waals surface area contributed by atoms with Gasteiger partial charge in [0.15, 0.2) is 0 Å². The minimum atomic E-state index is -0.158. The quantitative estimate of drug-likeness (QED) is 0.812. The first-order chi connectivity index (χ1) is 10.6. The predicted molar refractivity (Wildman–Crippen MR) is 87.0 cm³/mol. The number of carbonyl (C=O) groups is 1. The van der Waals surface area contributed by atoms with Crippen LogP contribution in [-0.2, 0) is 6.54 Å². The molecule has 5 nitrogen and oxygen atoms in total. The number of aromatic nitrogens is 2. The molecule has 0 spiro atoms. The van der Waals surface area contributed by atoms with Crippen LogP contribution in [0, 0.1) is 0 Å². The van der Waals surface area contributed by atoms with E-state index in [0.717, 1.165) is 45.1 Å². The summed E-state index contributed by atoms with van der Waals surface area (Å²) >= 11 is 0. The van der Waals surface area contributed by atoms with Crippen molar-refractivity contribution in [2.24, 2.45) is 0 Å². The molecule has 0 unspecified atom stereocenters. The van der Waals surface area contributed by atoms with Crippen molar-refractivity contribution in [2.45, 2.75) is 71.4 Å². The number of likely N-dealkylation sites (tertiary alicyclic amines) is 1. The van der Waals surface area contributed by atoms with E-state index in [0.29, 0.717) is 12.2 Å². The Bertz CT molecular complexity index is 574. The molecule has 1 aliphatic heterocycles. The molecule has 22 heavy (non-hydrogen) atoms. The fourth-order valence-corrected chi connectivity index (χ4v) is 3.76. The molecule has 0 N–H and O–H groups in total. The summed E-state index contributed by atoms with van der Waals surface area (Å²) in [6.07, 6.45) is 6.37. The highest BCUT2D eigenvalue weighted by molar-refractivity contribution is 5.92. The third-order valence-corrected chi connectivity index (χ3v) is 4.66. The third kappa shape index (κ3) is 3.08. The van der Waals surface area contributed by atoms with Crippen LogP contribution in [0.25, 0.3) is 0 Å². The molecular formula is C17H27N3O2. The van der Waals surface area contributed by atoms with Gasteiger partial charge in [-0.1, -0.05) is 26.7 Å². The van der Waals surface area contributed by atoms with Gasteiger partial charge in [-0.3, -0.25) is 9.59 Å². The third-order valence-electron chi connectivity index (χ3n) is 4.66. The second-order valence-corrected chi connectivity index (χ2v) is 6.16. The molecule has 0 aliphatic carbocycles. The molecule has 0 saturated carbocycles. The van der Waals surface area contributed by atoms with E-state index in [1.54, 1.807) is 6.07 Å². The van der Waals surface area contributed by atoms with Crippen molar-refractivity contribution in [3.05, 3.63) is 28.2 Å². The zero-order valence-electron chi connectivity index (χ0n) is 14.0. The maximum Gasteiger partial charge on any atom is 0.274 e. The van der Waals surface area contributed by atoms with Crippen molar-refractivity contribution in [2.75, 3.05) is 6.54 Å². The van der Waals surface area contributed by atoms with Crippen LogP contribution in [0.2, 0.25) is 0 Å². The van der Waals surface area contributed by atoms with Crippen LogP contribution in [0.15, 0.2) is 16.9 Å². The van der Waals surface area contributed by atoms with Crippen molar-refractivity contribution in [3.8, 4) is 0 Å². The summed E-state index contributed by atoms with van der Waals surface area (Å²) in [6, 6.07) is 3.01. The fraction of sp³-hybridized carbons (Fsp3) is 0.706. The molecule has 2 heterocycles. The van der Waals surface area contributed by atoms with E-state index in [9.17, 15) is 9.59 Å². The zero-order chi connectivity index (χ0) is 16.2. The maximum atomic E-state index is 12.9. The first-order valence-corrected chi connectivity index (χ1v) is 8.48. The van der Waals surface area contributed by atoms with Crippen molar-refractivity contribution in [3.63, 3.8) is 0 Å². The van der Waals surface area contributed by atoms with Gasteiger partial charge in [0.25, 0.3) is 11.5 Å². The van der Waals surface area contributed by atoms with Crippen molar-refractivity contribution < 1.29 is 4.79 Å². The van der Waals surface area contributed by atoms with Gasteiger partial charge in [-0.05, 0) is 38.7 Å². The summed E-state index contributed by atoms with van der Waals surface area (Å²) in [4.78, 5) is 26.6. The molecule has 1 aliphatic rings. The minimum absolute atomic E-state index is 0.0184. The lowest BCUT2D eigenvalue weighted by molar-refractivity contribution is 0.0540. The van der Waals surface area contributed by atoms with Crippen LogP contribution < -0.4 is 5.56 Å². The molecule has 0 atom stereocenters. The highest BCUT2D eigenvalue weighted by atomic mass is 16.2. The number of rotatable bonds is 6. The van der Waals surface area contributed by atoms with Gasteiger partial charge in [0, 0.05) is 24.7 Å². The van der Waals surface area contributed by atoms with Gasteiger partial charge >= 0.3 is 0 Å². The number of aryl methyl sites for hydroxylation is 1. The summed E-state index contributed by atoms with van der Waals surface area (Å²) in [5.41, 5.74) is 0.212. The molecule has 122 valence electrons. The second kappa shape index (κ2) is 7.07. The average molecular weight is 305 g/mol. The Morgan fingerprint density at radius 3 is 2.50 bits per heavy atom. The summed E-state index contributed by atoms with van der Waals surface area (Å²) in [5, 5.41) is 4.23. The molecule has 0 bridgehead atoms. The van der Waals surface area contributed by atoms with Gasteiger partial charge in [-0.2, -0.15) is 5.10 Å². The lowest BCUT2D eigenvalue weighted by atomic mass is 9.86. The predicted octanol–water partition coefficient (Wildman–Crippen LogP) is 2.84. The number of carbonyl (C=O) groups excluding carboxylic acids is 1. The lowest BCUT2D eigenvalue weighted by Gasteiger charge is -2.38. The molecule has 1 aromatic rings. The Kier molecular flexibility index (Phi) is 5.37. The van der Waals surface area contributed by atoms with Gasteiger partial charge in [0.1, 0.15) is 5.69 Å². The molecule has 0 aromatic carbocycles. The number of hydrogen-bond donors (Lipinski definition) is 0. The first kappa shape index (κ1) is 16.7. The van der Waals surface area contributed by atoms with Crippen molar-refractivity contribution in [1.29, 1.82) is 0 Å². The lowest BCUT2D eigenvalue weighted by Crippen LogP contribution is -2.47. The Morgan fingerprint density at radius 1 is 1.23 bits per heavy atom. The van der Waals surface area contributed by atoms with Gasteiger partial charge < -0.3 is 4.90 Å². The van der Waals surface area contributed by atoms with Crippen LogP contribution >= 0.6 is 0 Å². The minimum Gasteiger partial charge on any atom is -0.332 e. The van der Waals surface area contributed by atoms with Gasteiger partial charge in [-0.25, -0.2) is 4.68 Å². The Labute approximate surface area is 132 Å². The standard InChI is InChI=1S/C17H27N3O2/c1-4-10-17(11-5-2)12-7-13-19(17)16(22)14-8-9-15(21)20(6-3)18-14/h8-9H,4-7,10-13H2,1-3H3. The Morgan fingerprint density at radius 2 is 1.91 bits per heavy atom. The second-order valence-electron chi connectivity index (χ2n) is 6.16. The van der Waals surface area contributed by atoms with E-state index in [1.807, 2.05) is 11.8 Å². The van der Waals surface area contributed by atoms with E-state index in [-0.39, 0.29) is 17.0 Å². The van der Waals surface area contributed by atoms with Crippen LogP contribution in [0.5, 0.6) is 0 Å². The smallest absolute Gasteiger partial charge is 0.274 e. The van der Waals surface area contributed by atoms with Gasteiger partial charge in [-0.15, -0.1) is 0 Å². The molecule has 1 aromatic heterocycles. The molecular weight excluding hydrogens is 278 g/mol. The van der Waals surface area contributed by atoms with Crippen LogP contribution in [0.4, 0.5) is 0 Å². The molecule has 2 rings (SSSR count). The Hall–Kier alpha value is -1.65. The first-order valence-electron chi connectivity index (χ1n) is 8.48. The van der Waals surface area contributed by atoms with E-state index in [2.05, 4.69) is 18.9 Å². The summed E-state index contributed by atoms with van der Waals surface area (Å²) < 4.78 is 1.35. The number of amides is 1. The van der Waals surface area contributed by atoms with Crippen LogP contribution in [0.1, 0.15) is 69.8 Å². The maximum absolute atomic E-state index is 12.9. The summed E-state index contributed by atoms with van der Waals surface area (Å²) in [5.74, 6) is -0.0263. The highest BCUT2D eigenvalue weighted by Crippen LogP contribution is 2.38. The number of nitrogens with zero attached hydrogens (tertiary/aromatic N) is 3. The average Bonchev–Trinajstić information content (AvgIpc) is 2.91. The van der Waals surface area contributed by atoms with E-state index in [1.165, 1.54) is 10.7 Å². The zero-order valence-corrected chi connectivity index (χ0v) is 14.0. The fourth-order valence-electron chi connectivity index (χ4n) is 3.76. The van der Waals surface area contributed by atoms with Crippen LogP contribution in [0.3, 0.4) is 0 Å². The molecule has 1 amide bonds. The normalized spacial score (nSPS) is 17.0. The SMILES string of the molecule is CCCC1(CCC)CCCN1C(=O)c1ccc(=O)n(CC)n1. The van der Waals surface area contributed by atoms with E-state index in [4.69, 9.17) is 0 Å². The van der Waals surface area contributed by atoms with Crippen molar-refractivity contribution in [1.82, 2.24) is 14.7 Å². The van der Waals surface area contributed by atoms with E-state index < -0.39 is 0 Å². The largest absolute Gasteiger partial charge is 0.332 e. The molecule has 0 radical (unpaired) electrons. The monoisotopic (exact) mass is 305 g/mol. The number of hydrogen-bond acceptors (Lipinski definition) is 3. The Balaban J connectivity index is 2.32. The highest BCUT2D eigenvalue weighted by Gasteiger charge is 2.42. The van der Waals surface area contributed by atoms with Gasteiger partial charge in [0.2, 0.25) is 0 Å². The summed E-state index contributed by atoms with van der Waals surface area (Å²) in [7, 11) is 0. The van der Waals surface area contributed by atoms with Crippen LogP contribution in [-0.4, -0.2) is 32.7 Å². The summed E-state index contributed by atoms with van der Waals surface area (Å²) in [6.45, 7) is 7.49. The van der Waals surface area contributed by atoms with Gasteiger partial charge in [0.05, 0.1) is 0 Å². The topological polar surface area (TPSA) is 55.2 Å². The molecule has 1 fully saturated rings. The van der Waals surface area contributed by atoms with E-state index >= 15 is 0 Å². The molecule has 5 heteroatoms.